The van der Waals surface area contributed by atoms with Gasteiger partial charge in [0.25, 0.3) is 0 Å². The maximum Gasteiger partial charge on any atom is 0.234 e. The fraction of sp³-hybridized carbons (Fsp3) is 0.600. The van der Waals surface area contributed by atoms with Gasteiger partial charge in [0, 0.05) is 26.5 Å². The molecule has 6 heteroatoms. The first-order valence-corrected chi connectivity index (χ1v) is 7.17. The lowest BCUT2D eigenvalue weighted by atomic mass is 10.1. The third-order valence-electron chi connectivity index (χ3n) is 3.51. The van der Waals surface area contributed by atoms with Gasteiger partial charge in [-0.25, -0.2) is 0 Å². The highest BCUT2D eigenvalue weighted by molar-refractivity contribution is 5.78. The van der Waals surface area contributed by atoms with E-state index in [1.807, 2.05) is 30.1 Å². The Kier molecular flexibility index (Phi) is 6.10. The topological polar surface area (TPSA) is 63.7 Å². The highest BCUT2D eigenvalue weighted by Crippen LogP contribution is 2.10. The quantitative estimate of drug-likeness (QED) is 0.824. The van der Waals surface area contributed by atoms with E-state index in [1.165, 1.54) is 0 Å². The van der Waals surface area contributed by atoms with Crippen LogP contribution in [-0.2, 0) is 20.8 Å². The zero-order chi connectivity index (χ0) is 15.1. The van der Waals surface area contributed by atoms with Crippen molar-refractivity contribution in [1.82, 2.24) is 15.2 Å². The number of methoxy groups -OCH3 is 1. The molecule has 6 nitrogen and oxygen atoms in total. The van der Waals surface area contributed by atoms with Gasteiger partial charge in [0.05, 0.1) is 31.0 Å². The monoisotopic (exact) mass is 293 g/mol. The minimum absolute atomic E-state index is 0.0222. The number of ether oxygens (including phenoxy) is 2. The van der Waals surface area contributed by atoms with Crippen LogP contribution in [0.4, 0.5) is 0 Å². The summed E-state index contributed by atoms with van der Waals surface area (Å²) in [4.78, 5) is 18.3. The average molecular weight is 293 g/mol. The van der Waals surface area contributed by atoms with E-state index in [-0.39, 0.29) is 18.1 Å². The number of hydrogen-bond donors (Lipinski definition) is 1. The van der Waals surface area contributed by atoms with E-state index in [9.17, 15) is 4.79 Å². The second kappa shape index (κ2) is 8.07. The zero-order valence-electron chi connectivity index (χ0n) is 12.6. The van der Waals surface area contributed by atoms with Gasteiger partial charge in [0.15, 0.2) is 0 Å². The third-order valence-corrected chi connectivity index (χ3v) is 3.51. The largest absolute Gasteiger partial charge is 0.379 e. The Morgan fingerprint density at radius 1 is 1.57 bits per heavy atom. The molecular weight excluding hydrogens is 270 g/mol. The smallest absolute Gasteiger partial charge is 0.234 e. The van der Waals surface area contributed by atoms with Crippen LogP contribution in [-0.4, -0.2) is 61.9 Å². The summed E-state index contributed by atoms with van der Waals surface area (Å²) in [5.41, 5.74) is 0.948. The van der Waals surface area contributed by atoms with Crippen LogP contribution in [0.2, 0.25) is 0 Å². The maximum absolute atomic E-state index is 12.1. The minimum atomic E-state index is -0.0699. The number of hydrogen-bond acceptors (Lipinski definition) is 5. The average Bonchev–Trinajstić information content (AvgIpc) is 2.48. The van der Waals surface area contributed by atoms with Crippen molar-refractivity contribution in [3.8, 4) is 0 Å². The van der Waals surface area contributed by atoms with Gasteiger partial charge in [-0.1, -0.05) is 6.07 Å². The molecule has 0 aliphatic carbocycles. The summed E-state index contributed by atoms with van der Waals surface area (Å²) in [7, 11) is 3.57. The second-order valence-electron chi connectivity index (χ2n) is 5.31. The van der Waals surface area contributed by atoms with Crippen molar-refractivity contribution in [3.05, 3.63) is 30.1 Å². The summed E-state index contributed by atoms with van der Waals surface area (Å²) in [6.45, 7) is 2.16. The van der Waals surface area contributed by atoms with E-state index in [2.05, 4.69) is 10.3 Å². The van der Waals surface area contributed by atoms with Crippen molar-refractivity contribution in [2.75, 3.05) is 33.9 Å². The van der Waals surface area contributed by atoms with E-state index in [1.54, 1.807) is 13.3 Å². The summed E-state index contributed by atoms with van der Waals surface area (Å²) < 4.78 is 10.8. The van der Waals surface area contributed by atoms with Gasteiger partial charge < -0.3 is 14.8 Å². The van der Waals surface area contributed by atoms with Crippen LogP contribution in [0.3, 0.4) is 0 Å². The minimum Gasteiger partial charge on any atom is -0.379 e. The fourth-order valence-electron chi connectivity index (χ4n) is 2.46. The molecule has 1 aliphatic rings. The second-order valence-corrected chi connectivity index (χ2v) is 5.31. The Balaban J connectivity index is 1.78. The molecule has 1 N–H and O–H groups in total. The predicted octanol–water partition coefficient (Wildman–Crippen LogP) is 0.434. The van der Waals surface area contributed by atoms with Crippen molar-refractivity contribution >= 4 is 5.91 Å². The van der Waals surface area contributed by atoms with Gasteiger partial charge in [0.1, 0.15) is 0 Å². The van der Waals surface area contributed by atoms with Crippen LogP contribution in [0.15, 0.2) is 24.4 Å². The summed E-state index contributed by atoms with van der Waals surface area (Å²) >= 11 is 0. The molecule has 1 fully saturated rings. The Morgan fingerprint density at radius 2 is 2.43 bits per heavy atom. The molecule has 2 rings (SSSR count). The molecule has 0 radical (unpaired) electrons. The van der Waals surface area contributed by atoms with E-state index < -0.39 is 0 Å². The Hall–Kier alpha value is -1.50. The van der Waals surface area contributed by atoms with Crippen LogP contribution >= 0.6 is 0 Å². The highest BCUT2D eigenvalue weighted by Gasteiger charge is 2.27. The SMILES string of the molecule is CO[C@@H]1CCOC[C@H]1NC(=O)CN(C)Cc1ccccn1. The van der Waals surface area contributed by atoms with Gasteiger partial charge in [-0.2, -0.15) is 0 Å². The molecule has 0 bridgehead atoms. The number of carbonyl (C=O) groups is 1. The summed E-state index contributed by atoms with van der Waals surface area (Å²) in [5.74, 6) is -0.0222. The normalized spacial score (nSPS) is 22.2. The number of nitrogens with one attached hydrogen (secondary N) is 1. The lowest BCUT2D eigenvalue weighted by Crippen LogP contribution is -2.52. The molecule has 2 atom stereocenters. The van der Waals surface area contributed by atoms with Crippen molar-refractivity contribution in [3.63, 3.8) is 0 Å². The van der Waals surface area contributed by atoms with Crippen LogP contribution in [0.25, 0.3) is 0 Å². The molecule has 116 valence electrons. The molecule has 0 saturated carbocycles. The number of nitrogens with zero attached hydrogens (tertiary/aromatic N) is 2. The van der Waals surface area contributed by atoms with Gasteiger partial charge in [-0.3, -0.25) is 14.7 Å². The van der Waals surface area contributed by atoms with Crippen molar-refractivity contribution < 1.29 is 14.3 Å². The summed E-state index contributed by atoms with van der Waals surface area (Å²) in [5, 5.41) is 2.99. The summed E-state index contributed by atoms with van der Waals surface area (Å²) in [6, 6.07) is 5.70. The van der Waals surface area contributed by atoms with E-state index in [0.29, 0.717) is 26.3 Å². The first-order chi connectivity index (χ1) is 10.2. The number of amides is 1. The molecule has 1 aromatic heterocycles. The maximum atomic E-state index is 12.1. The summed E-state index contributed by atoms with van der Waals surface area (Å²) in [6.07, 6.45) is 2.60. The molecule has 0 spiro atoms. The number of likely N-dealkylation sites (N-methyl/N-ethyl adjacent to an activating group) is 1. The standard InChI is InChI=1S/C15H23N3O3/c1-18(9-12-5-3-4-7-16-12)10-15(19)17-13-11-21-8-6-14(13)20-2/h3-5,7,13-14H,6,8-11H2,1-2H3,(H,17,19)/t13-,14-/m1/s1. The first-order valence-electron chi connectivity index (χ1n) is 7.17. The number of aromatic nitrogens is 1. The Morgan fingerprint density at radius 3 is 3.14 bits per heavy atom. The van der Waals surface area contributed by atoms with Crippen LogP contribution in [0.5, 0.6) is 0 Å². The predicted molar refractivity (Wildman–Crippen MR) is 78.7 cm³/mol. The van der Waals surface area contributed by atoms with E-state index in [0.717, 1.165) is 12.1 Å². The van der Waals surface area contributed by atoms with Crippen LogP contribution in [0, 0.1) is 0 Å². The molecule has 1 aromatic rings. The molecule has 1 aliphatic heterocycles. The molecule has 21 heavy (non-hydrogen) atoms. The van der Waals surface area contributed by atoms with Gasteiger partial charge in [0.2, 0.25) is 5.91 Å². The van der Waals surface area contributed by atoms with Gasteiger partial charge in [-0.05, 0) is 25.6 Å². The van der Waals surface area contributed by atoms with Crippen LogP contribution < -0.4 is 5.32 Å². The molecule has 1 saturated heterocycles. The number of carbonyl (C=O) groups excluding carboxylic acids is 1. The highest BCUT2D eigenvalue weighted by atomic mass is 16.5. The first kappa shape index (κ1) is 15.9. The van der Waals surface area contributed by atoms with E-state index in [4.69, 9.17) is 9.47 Å². The number of rotatable bonds is 6. The molecule has 2 heterocycles. The fourth-order valence-corrected chi connectivity index (χ4v) is 2.46. The third kappa shape index (κ3) is 5.08. The van der Waals surface area contributed by atoms with Crippen molar-refractivity contribution in [2.45, 2.75) is 25.1 Å². The lowest BCUT2D eigenvalue weighted by molar-refractivity contribution is -0.126. The molecule has 0 unspecified atom stereocenters. The van der Waals surface area contributed by atoms with Crippen molar-refractivity contribution in [1.29, 1.82) is 0 Å². The zero-order valence-corrected chi connectivity index (χ0v) is 12.6. The van der Waals surface area contributed by atoms with E-state index >= 15 is 0 Å². The van der Waals surface area contributed by atoms with Crippen LogP contribution in [0.1, 0.15) is 12.1 Å². The number of pyridine rings is 1. The van der Waals surface area contributed by atoms with Gasteiger partial charge >= 0.3 is 0 Å². The van der Waals surface area contributed by atoms with Gasteiger partial charge in [-0.15, -0.1) is 0 Å². The van der Waals surface area contributed by atoms with Crippen molar-refractivity contribution in [2.24, 2.45) is 0 Å². The Bertz CT molecular complexity index is 441. The Labute approximate surface area is 125 Å². The molecule has 0 aromatic carbocycles. The molecule has 1 amide bonds. The lowest BCUT2D eigenvalue weighted by Gasteiger charge is -2.31. The molecular formula is C15H23N3O3.